The van der Waals surface area contributed by atoms with Gasteiger partial charge in [0.2, 0.25) is 0 Å². The molecule has 22 heavy (non-hydrogen) atoms. The highest BCUT2D eigenvalue weighted by Crippen LogP contribution is 2.10. The number of para-hydroxylation sites is 1. The van der Waals surface area contributed by atoms with Crippen LogP contribution in [0.4, 0.5) is 0 Å². The van der Waals surface area contributed by atoms with Crippen molar-refractivity contribution in [3.05, 3.63) is 72.4 Å². The fourth-order valence-electron chi connectivity index (χ4n) is 2.06. The Balaban J connectivity index is 1.60. The monoisotopic (exact) mass is 293 g/mol. The lowest BCUT2D eigenvalue weighted by atomic mass is 10.2. The van der Waals surface area contributed by atoms with E-state index in [4.69, 9.17) is 0 Å². The third-order valence-corrected chi connectivity index (χ3v) is 3.15. The Morgan fingerprint density at radius 1 is 1.05 bits per heavy atom. The highest BCUT2D eigenvalue weighted by molar-refractivity contribution is 5.93. The predicted molar refractivity (Wildman–Crippen MR) is 83.7 cm³/mol. The maximum absolute atomic E-state index is 11.9. The molecule has 6 heteroatoms. The van der Waals surface area contributed by atoms with Crippen LogP contribution in [0.15, 0.2) is 66.9 Å². The Bertz CT molecular complexity index is 810. The number of benzene rings is 2. The minimum absolute atomic E-state index is 0.217. The molecule has 0 saturated carbocycles. The number of hydrazine groups is 1. The number of carbonyl (C=O) groups is 1. The maximum Gasteiger partial charge on any atom is 0.269 e. The first-order valence-corrected chi connectivity index (χ1v) is 6.81. The smallest absolute Gasteiger partial charge is 0.269 e. The summed E-state index contributed by atoms with van der Waals surface area (Å²) in [6.07, 6.45) is 0. The van der Waals surface area contributed by atoms with E-state index in [1.54, 1.807) is 16.8 Å². The molecule has 110 valence electrons. The minimum atomic E-state index is -0.217. The van der Waals surface area contributed by atoms with Gasteiger partial charge in [-0.3, -0.25) is 10.2 Å². The summed E-state index contributed by atoms with van der Waals surface area (Å²) in [5.41, 5.74) is 8.34. The van der Waals surface area contributed by atoms with Crippen molar-refractivity contribution < 1.29 is 4.79 Å². The van der Waals surface area contributed by atoms with E-state index >= 15 is 0 Å². The zero-order valence-corrected chi connectivity index (χ0v) is 11.9. The van der Waals surface area contributed by atoms with Gasteiger partial charge in [-0.2, -0.15) is 0 Å². The van der Waals surface area contributed by atoms with Gasteiger partial charge in [-0.05, 0) is 24.3 Å². The van der Waals surface area contributed by atoms with Gasteiger partial charge < -0.3 is 5.43 Å². The fourth-order valence-corrected chi connectivity index (χ4v) is 2.06. The number of carbonyl (C=O) groups excluding carboxylic acids is 1. The molecule has 0 fully saturated rings. The summed E-state index contributed by atoms with van der Waals surface area (Å²) in [6.45, 7) is 4.30. The predicted octanol–water partition coefficient (Wildman–Crippen LogP) is 1.88. The highest BCUT2D eigenvalue weighted by Gasteiger charge is 2.06. The number of hydrogen-bond acceptors (Lipinski definition) is 4. The molecule has 0 spiro atoms. The maximum atomic E-state index is 11.9. The average Bonchev–Trinajstić information content (AvgIpc) is 2.97. The van der Waals surface area contributed by atoms with E-state index in [2.05, 4.69) is 27.7 Å². The third kappa shape index (κ3) is 2.95. The van der Waals surface area contributed by atoms with Gasteiger partial charge >= 0.3 is 0 Å². The zero-order chi connectivity index (χ0) is 15.4. The standard InChI is InChI=1S/C16H15N5O/c1-12(17-19-16(22)13-7-3-2-4-8-13)11-21-15-10-6-5-9-14(15)18-20-21/h2-10,17H,1,11H2,(H,19,22). The van der Waals surface area contributed by atoms with Crippen molar-refractivity contribution in [1.82, 2.24) is 25.8 Å². The Labute approximate surface area is 127 Å². The Hall–Kier alpha value is -3.15. The van der Waals surface area contributed by atoms with Gasteiger partial charge in [0.1, 0.15) is 5.52 Å². The van der Waals surface area contributed by atoms with Gasteiger partial charge in [-0.1, -0.05) is 42.1 Å². The van der Waals surface area contributed by atoms with Crippen molar-refractivity contribution in [2.75, 3.05) is 0 Å². The molecule has 3 rings (SSSR count). The number of rotatable bonds is 5. The van der Waals surface area contributed by atoms with Gasteiger partial charge in [-0.25, -0.2) is 4.68 Å². The van der Waals surface area contributed by atoms with Crippen LogP contribution in [0.2, 0.25) is 0 Å². The van der Waals surface area contributed by atoms with Crippen molar-refractivity contribution in [3.63, 3.8) is 0 Å². The van der Waals surface area contributed by atoms with Gasteiger partial charge in [0.05, 0.1) is 12.1 Å². The summed E-state index contributed by atoms with van der Waals surface area (Å²) in [6, 6.07) is 16.6. The van der Waals surface area contributed by atoms with Crippen LogP contribution in [0.25, 0.3) is 11.0 Å². The van der Waals surface area contributed by atoms with E-state index in [0.717, 1.165) is 11.0 Å². The van der Waals surface area contributed by atoms with Crippen LogP contribution in [0, 0.1) is 0 Å². The molecule has 0 unspecified atom stereocenters. The molecular formula is C16H15N5O. The summed E-state index contributed by atoms with van der Waals surface area (Å²) in [5.74, 6) is -0.217. The molecule has 2 N–H and O–H groups in total. The van der Waals surface area contributed by atoms with Crippen LogP contribution in [0.1, 0.15) is 10.4 Å². The van der Waals surface area contributed by atoms with Crippen molar-refractivity contribution in [1.29, 1.82) is 0 Å². The highest BCUT2D eigenvalue weighted by atomic mass is 16.2. The SMILES string of the molecule is C=C(Cn1nnc2ccccc21)NNC(=O)c1ccccc1. The molecule has 2 aromatic carbocycles. The first-order valence-electron chi connectivity index (χ1n) is 6.81. The second-order valence-corrected chi connectivity index (χ2v) is 4.78. The van der Waals surface area contributed by atoms with Gasteiger partial charge in [-0.15, -0.1) is 5.10 Å². The lowest BCUT2D eigenvalue weighted by molar-refractivity contribution is 0.0938. The van der Waals surface area contributed by atoms with Crippen molar-refractivity contribution in [2.45, 2.75) is 6.54 Å². The van der Waals surface area contributed by atoms with Crippen LogP contribution in [0.3, 0.4) is 0 Å². The molecule has 3 aromatic rings. The molecule has 1 aromatic heterocycles. The molecule has 0 aliphatic carbocycles. The van der Waals surface area contributed by atoms with Crippen LogP contribution in [0.5, 0.6) is 0 Å². The van der Waals surface area contributed by atoms with Crippen molar-refractivity contribution >= 4 is 16.9 Å². The number of fused-ring (bicyclic) bond motifs is 1. The minimum Gasteiger partial charge on any atom is -0.301 e. The summed E-state index contributed by atoms with van der Waals surface area (Å²) >= 11 is 0. The van der Waals surface area contributed by atoms with Crippen LogP contribution in [-0.4, -0.2) is 20.9 Å². The van der Waals surface area contributed by atoms with Gasteiger partial charge in [0, 0.05) is 11.3 Å². The lowest BCUT2D eigenvalue weighted by Crippen LogP contribution is -2.37. The van der Waals surface area contributed by atoms with Crippen LogP contribution < -0.4 is 10.9 Å². The van der Waals surface area contributed by atoms with E-state index in [9.17, 15) is 4.79 Å². The molecule has 0 aliphatic rings. The lowest BCUT2D eigenvalue weighted by Gasteiger charge is -2.11. The van der Waals surface area contributed by atoms with Crippen LogP contribution >= 0.6 is 0 Å². The summed E-state index contributed by atoms with van der Waals surface area (Å²) in [5, 5.41) is 8.14. The number of aromatic nitrogens is 3. The molecule has 1 heterocycles. The molecule has 6 nitrogen and oxygen atoms in total. The molecular weight excluding hydrogens is 278 g/mol. The largest absolute Gasteiger partial charge is 0.301 e. The number of nitrogens with zero attached hydrogens (tertiary/aromatic N) is 3. The topological polar surface area (TPSA) is 71.8 Å². The average molecular weight is 293 g/mol. The summed E-state index contributed by atoms with van der Waals surface area (Å²) in [7, 11) is 0. The number of hydrogen-bond donors (Lipinski definition) is 2. The first-order chi connectivity index (χ1) is 10.7. The van der Waals surface area contributed by atoms with E-state index in [0.29, 0.717) is 17.8 Å². The molecule has 0 aliphatic heterocycles. The van der Waals surface area contributed by atoms with Gasteiger partial charge in [0.15, 0.2) is 0 Å². The normalized spacial score (nSPS) is 10.4. The molecule has 0 atom stereocenters. The van der Waals surface area contributed by atoms with Crippen molar-refractivity contribution in [2.24, 2.45) is 0 Å². The summed E-state index contributed by atoms with van der Waals surface area (Å²) in [4.78, 5) is 11.9. The van der Waals surface area contributed by atoms with E-state index in [1.165, 1.54) is 0 Å². The number of amides is 1. The van der Waals surface area contributed by atoms with Crippen molar-refractivity contribution in [3.8, 4) is 0 Å². The zero-order valence-electron chi connectivity index (χ0n) is 11.9. The second kappa shape index (κ2) is 6.09. The Morgan fingerprint density at radius 2 is 1.77 bits per heavy atom. The second-order valence-electron chi connectivity index (χ2n) is 4.78. The number of nitrogens with one attached hydrogen (secondary N) is 2. The fraction of sp³-hybridized carbons (Fsp3) is 0.0625. The molecule has 1 amide bonds. The quantitative estimate of drug-likeness (QED) is 0.705. The van der Waals surface area contributed by atoms with E-state index in [1.807, 2.05) is 42.5 Å². The van der Waals surface area contributed by atoms with E-state index < -0.39 is 0 Å². The molecule has 0 bridgehead atoms. The van der Waals surface area contributed by atoms with Crippen LogP contribution in [-0.2, 0) is 6.54 Å². The van der Waals surface area contributed by atoms with E-state index in [-0.39, 0.29) is 5.91 Å². The molecule has 0 radical (unpaired) electrons. The Kier molecular flexibility index (Phi) is 3.82. The Morgan fingerprint density at radius 3 is 2.59 bits per heavy atom. The van der Waals surface area contributed by atoms with Gasteiger partial charge in [0.25, 0.3) is 5.91 Å². The number of allylic oxidation sites excluding steroid dienone is 1. The molecule has 0 saturated heterocycles. The first kappa shape index (κ1) is 13.8. The summed E-state index contributed by atoms with van der Waals surface area (Å²) < 4.78 is 1.72. The third-order valence-electron chi connectivity index (χ3n) is 3.15.